The highest BCUT2D eigenvalue weighted by Gasteiger charge is 2.22. The predicted molar refractivity (Wildman–Crippen MR) is 75.9 cm³/mol. The van der Waals surface area contributed by atoms with Gasteiger partial charge in [0.15, 0.2) is 0 Å². The minimum Gasteiger partial charge on any atom is -0.347 e. The van der Waals surface area contributed by atoms with Crippen molar-refractivity contribution in [2.75, 3.05) is 0 Å². The Balaban J connectivity index is 2.91. The van der Waals surface area contributed by atoms with Gasteiger partial charge in [-0.1, -0.05) is 13.8 Å². The highest BCUT2D eigenvalue weighted by atomic mass is 35.7. The van der Waals surface area contributed by atoms with Gasteiger partial charge in [-0.2, -0.15) is 0 Å². The van der Waals surface area contributed by atoms with E-state index in [1.165, 1.54) is 24.3 Å². The Hall–Kier alpha value is -1.07. The van der Waals surface area contributed by atoms with E-state index in [0.717, 1.165) is 12.8 Å². The van der Waals surface area contributed by atoms with Crippen LogP contribution in [0.15, 0.2) is 29.2 Å². The van der Waals surface area contributed by atoms with Gasteiger partial charge in [-0.15, -0.1) is 0 Å². The Labute approximate surface area is 118 Å². The molecule has 0 aromatic heterocycles. The number of rotatable bonds is 5. The lowest BCUT2D eigenvalue weighted by atomic mass is 9.95. The standard InChI is InChI=1S/C13H18ClNO3S/c1-4-13(3,5-2)15-12(16)10-6-8-11(9-7-10)19(14,17)18/h6-9H,4-5H2,1-3H3,(H,15,16). The fourth-order valence-corrected chi connectivity index (χ4v) is 2.31. The van der Waals surface area contributed by atoms with Crippen LogP contribution in [0.25, 0.3) is 0 Å². The van der Waals surface area contributed by atoms with Crippen molar-refractivity contribution in [3.8, 4) is 0 Å². The quantitative estimate of drug-likeness (QED) is 0.851. The van der Waals surface area contributed by atoms with E-state index >= 15 is 0 Å². The Morgan fingerprint density at radius 2 is 1.68 bits per heavy atom. The third-order valence-electron chi connectivity index (χ3n) is 3.37. The summed E-state index contributed by atoms with van der Waals surface area (Å²) in [5, 5.41) is 2.95. The van der Waals surface area contributed by atoms with Crippen LogP contribution in [0.1, 0.15) is 44.0 Å². The fraction of sp³-hybridized carbons (Fsp3) is 0.462. The van der Waals surface area contributed by atoms with Gasteiger partial charge in [-0.3, -0.25) is 4.79 Å². The van der Waals surface area contributed by atoms with Gasteiger partial charge in [0.1, 0.15) is 0 Å². The van der Waals surface area contributed by atoms with Gasteiger partial charge in [0, 0.05) is 21.8 Å². The molecule has 106 valence electrons. The number of halogens is 1. The van der Waals surface area contributed by atoms with Gasteiger partial charge < -0.3 is 5.32 Å². The lowest BCUT2D eigenvalue weighted by Crippen LogP contribution is -2.44. The third-order valence-corrected chi connectivity index (χ3v) is 4.74. The van der Waals surface area contributed by atoms with Crippen LogP contribution in [0.3, 0.4) is 0 Å². The first-order valence-corrected chi connectivity index (χ1v) is 8.40. The molecular formula is C13H18ClNO3S. The second-order valence-electron chi connectivity index (χ2n) is 4.68. The van der Waals surface area contributed by atoms with Gasteiger partial charge >= 0.3 is 0 Å². The fourth-order valence-electron chi connectivity index (χ4n) is 1.54. The van der Waals surface area contributed by atoms with Crippen LogP contribution in [0.5, 0.6) is 0 Å². The molecular weight excluding hydrogens is 286 g/mol. The van der Waals surface area contributed by atoms with E-state index < -0.39 is 9.05 Å². The molecule has 0 radical (unpaired) electrons. The molecule has 1 rings (SSSR count). The van der Waals surface area contributed by atoms with Crippen LogP contribution in [0.4, 0.5) is 0 Å². The summed E-state index contributed by atoms with van der Waals surface area (Å²) in [4.78, 5) is 12.0. The number of carbonyl (C=O) groups excluding carboxylic acids is 1. The number of nitrogens with one attached hydrogen (secondary N) is 1. The van der Waals surface area contributed by atoms with E-state index in [9.17, 15) is 13.2 Å². The van der Waals surface area contributed by atoms with E-state index in [0.29, 0.717) is 5.56 Å². The molecule has 6 heteroatoms. The van der Waals surface area contributed by atoms with Crippen LogP contribution >= 0.6 is 10.7 Å². The zero-order valence-electron chi connectivity index (χ0n) is 11.2. The lowest BCUT2D eigenvalue weighted by Gasteiger charge is -2.28. The normalized spacial score (nSPS) is 12.2. The molecule has 0 saturated carbocycles. The molecule has 0 bridgehead atoms. The monoisotopic (exact) mass is 303 g/mol. The minimum absolute atomic E-state index is 0.0144. The zero-order chi connectivity index (χ0) is 14.7. The summed E-state index contributed by atoms with van der Waals surface area (Å²) < 4.78 is 22.2. The molecule has 0 atom stereocenters. The number of amides is 1. The summed E-state index contributed by atoms with van der Waals surface area (Å²) in [5.74, 6) is -0.218. The van der Waals surface area contributed by atoms with Gasteiger partial charge in [0.05, 0.1) is 4.90 Å². The van der Waals surface area contributed by atoms with Gasteiger partial charge in [0.25, 0.3) is 15.0 Å². The molecule has 0 aliphatic carbocycles. The number of benzene rings is 1. The molecule has 1 N–H and O–H groups in total. The smallest absolute Gasteiger partial charge is 0.261 e. The predicted octanol–water partition coefficient (Wildman–Crippen LogP) is 2.92. The van der Waals surface area contributed by atoms with Gasteiger partial charge in [-0.05, 0) is 44.0 Å². The van der Waals surface area contributed by atoms with Crippen molar-refractivity contribution in [1.82, 2.24) is 5.32 Å². The molecule has 0 aliphatic heterocycles. The molecule has 0 heterocycles. The molecule has 0 unspecified atom stereocenters. The van der Waals surface area contributed by atoms with Crippen LogP contribution in [0.2, 0.25) is 0 Å². The molecule has 4 nitrogen and oxygen atoms in total. The summed E-state index contributed by atoms with van der Waals surface area (Å²) in [6.45, 7) is 5.99. The van der Waals surface area contributed by atoms with Crippen molar-refractivity contribution >= 4 is 25.6 Å². The zero-order valence-corrected chi connectivity index (χ0v) is 12.8. The summed E-state index contributed by atoms with van der Waals surface area (Å²) in [7, 11) is 1.46. The maximum absolute atomic E-state index is 12.0. The molecule has 19 heavy (non-hydrogen) atoms. The van der Waals surface area contributed by atoms with Gasteiger partial charge in [0.2, 0.25) is 0 Å². The molecule has 1 aromatic rings. The average Bonchev–Trinajstić information content (AvgIpc) is 2.37. The summed E-state index contributed by atoms with van der Waals surface area (Å²) in [6, 6.07) is 5.56. The summed E-state index contributed by atoms with van der Waals surface area (Å²) >= 11 is 0. The Kier molecular flexibility index (Phi) is 4.98. The number of hydrogen-bond donors (Lipinski definition) is 1. The van der Waals surface area contributed by atoms with Crippen molar-refractivity contribution in [2.45, 2.75) is 44.0 Å². The van der Waals surface area contributed by atoms with Crippen molar-refractivity contribution in [2.24, 2.45) is 0 Å². The Bertz CT molecular complexity index is 548. The largest absolute Gasteiger partial charge is 0.347 e. The minimum atomic E-state index is -3.75. The first-order chi connectivity index (χ1) is 8.72. The average molecular weight is 304 g/mol. The Morgan fingerprint density at radius 3 is 2.05 bits per heavy atom. The van der Waals surface area contributed by atoms with E-state index in [-0.39, 0.29) is 16.3 Å². The Morgan fingerprint density at radius 1 is 1.21 bits per heavy atom. The van der Waals surface area contributed by atoms with Crippen LogP contribution < -0.4 is 5.32 Å². The second-order valence-corrected chi connectivity index (χ2v) is 7.25. The van der Waals surface area contributed by atoms with E-state index in [2.05, 4.69) is 5.32 Å². The molecule has 0 spiro atoms. The van der Waals surface area contributed by atoms with Gasteiger partial charge in [-0.25, -0.2) is 8.42 Å². The van der Waals surface area contributed by atoms with Crippen molar-refractivity contribution in [1.29, 1.82) is 0 Å². The molecule has 0 fully saturated rings. The third kappa shape index (κ3) is 4.21. The number of carbonyl (C=O) groups is 1. The molecule has 0 saturated heterocycles. The summed E-state index contributed by atoms with van der Waals surface area (Å²) in [5.41, 5.74) is 0.158. The molecule has 1 amide bonds. The van der Waals surface area contributed by atoms with E-state index in [1.807, 2.05) is 20.8 Å². The maximum atomic E-state index is 12.0. The molecule has 1 aromatic carbocycles. The van der Waals surface area contributed by atoms with E-state index in [4.69, 9.17) is 10.7 Å². The SMILES string of the molecule is CCC(C)(CC)NC(=O)c1ccc(S(=O)(=O)Cl)cc1. The van der Waals surface area contributed by atoms with Crippen LogP contribution in [-0.2, 0) is 9.05 Å². The van der Waals surface area contributed by atoms with E-state index in [1.54, 1.807) is 0 Å². The van der Waals surface area contributed by atoms with Crippen LogP contribution in [-0.4, -0.2) is 19.9 Å². The first-order valence-electron chi connectivity index (χ1n) is 6.09. The lowest BCUT2D eigenvalue weighted by molar-refractivity contribution is 0.0901. The molecule has 0 aliphatic rings. The highest BCUT2D eigenvalue weighted by molar-refractivity contribution is 8.13. The topological polar surface area (TPSA) is 63.2 Å². The van der Waals surface area contributed by atoms with Crippen molar-refractivity contribution < 1.29 is 13.2 Å². The van der Waals surface area contributed by atoms with Crippen LogP contribution in [0, 0.1) is 0 Å². The highest BCUT2D eigenvalue weighted by Crippen LogP contribution is 2.17. The van der Waals surface area contributed by atoms with Crippen molar-refractivity contribution in [3.05, 3.63) is 29.8 Å². The first kappa shape index (κ1) is 16.0. The maximum Gasteiger partial charge on any atom is 0.261 e. The second kappa shape index (κ2) is 5.92. The summed E-state index contributed by atoms with van der Waals surface area (Å²) in [6.07, 6.45) is 1.65. The van der Waals surface area contributed by atoms with Crippen molar-refractivity contribution in [3.63, 3.8) is 0 Å². The number of hydrogen-bond acceptors (Lipinski definition) is 3.